The van der Waals surface area contributed by atoms with Crippen LogP contribution in [0.4, 0.5) is 0 Å². The van der Waals surface area contributed by atoms with Gasteiger partial charge in [0.1, 0.15) is 0 Å². The minimum absolute atomic E-state index is 0.198. The van der Waals surface area contributed by atoms with Crippen LogP contribution < -0.4 is 11.0 Å². The Morgan fingerprint density at radius 2 is 1.79 bits per heavy atom. The second kappa shape index (κ2) is 8.93. The van der Waals surface area contributed by atoms with Crippen LogP contribution in [0.25, 0.3) is 0 Å². The smallest absolute Gasteiger partial charge is 0.300 e. The summed E-state index contributed by atoms with van der Waals surface area (Å²) in [7, 11) is -3.32. The highest BCUT2D eigenvalue weighted by atomic mass is 35.5. The Balaban J connectivity index is 2.70. The fraction of sp³-hybridized carbons (Fsp3) is 0.455. The molecule has 3 N–H and O–H groups in total. The topological polar surface area (TPSA) is 67.6 Å². The zero-order valence-corrected chi connectivity index (χ0v) is 12.9. The normalized spacial score (nSPS) is 14.5. The number of nitrogens with two attached hydrogens (primary N) is 1. The van der Waals surface area contributed by atoms with Gasteiger partial charge >= 0.3 is 7.67 Å². The highest BCUT2D eigenvalue weighted by Gasteiger charge is 2.30. The molecule has 1 atom stereocenters. The van der Waals surface area contributed by atoms with Gasteiger partial charge < -0.3 is 4.52 Å². The maximum Gasteiger partial charge on any atom is 0.356 e. The second-order valence-corrected chi connectivity index (χ2v) is 6.62. The summed E-state index contributed by atoms with van der Waals surface area (Å²) in [6, 6.07) is 9.43. The number of halogens is 2. The number of hydrazine groups is 1. The maximum absolute atomic E-state index is 12.6. The van der Waals surface area contributed by atoms with E-state index >= 15 is 0 Å². The van der Waals surface area contributed by atoms with E-state index in [1.807, 2.05) is 30.3 Å². The number of hydrogen-bond acceptors (Lipinski definition) is 3. The van der Waals surface area contributed by atoms with Gasteiger partial charge in [-0.2, -0.15) is 5.20 Å². The number of alkyl halides is 2. The van der Waals surface area contributed by atoms with Gasteiger partial charge in [0.25, 0.3) is 0 Å². The molecule has 0 heterocycles. The summed E-state index contributed by atoms with van der Waals surface area (Å²) >= 11 is 11.4. The third kappa shape index (κ3) is 5.40. The van der Waals surface area contributed by atoms with Crippen molar-refractivity contribution in [3.63, 3.8) is 0 Å². The second-order valence-electron chi connectivity index (χ2n) is 3.74. The van der Waals surface area contributed by atoms with Gasteiger partial charge in [-0.3, -0.25) is 10.4 Å². The Morgan fingerprint density at radius 3 is 2.26 bits per heavy atom. The summed E-state index contributed by atoms with van der Waals surface area (Å²) in [5, 5.41) is 2.26. The van der Waals surface area contributed by atoms with Gasteiger partial charge in [-0.05, 0) is 5.56 Å². The van der Waals surface area contributed by atoms with Crippen molar-refractivity contribution in [2.45, 2.75) is 6.61 Å². The van der Waals surface area contributed by atoms with Crippen LogP contribution in [0.1, 0.15) is 5.56 Å². The molecule has 0 aliphatic rings. The predicted molar refractivity (Wildman–Crippen MR) is 79.2 cm³/mol. The first-order chi connectivity index (χ1) is 9.16. The fourth-order valence-electron chi connectivity index (χ4n) is 1.51. The first-order valence-electron chi connectivity index (χ1n) is 5.80. The zero-order valence-electron chi connectivity index (χ0n) is 10.5. The lowest BCUT2D eigenvalue weighted by Crippen LogP contribution is -2.35. The Hall–Kier alpha value is -0.130. The van der Waals surface area contributed by atoms with Crippen LogP contribution in [0, 0.1) is 0 Å². The number of rotatable bonds is 9. The van der Waals surface area contributed by atoms with Gasteiger partial charge in [-0.1, -0.05) is 30.3 Å². The summed E-state index contributed by atoms with van der Waals surface area (Å²) in [6.45, 7) is 0.957. The predicted octanol–water partition coefficient (Wildman–Crippen LogP) is 2.55. The monoisotopic (exact) mass is 325 g/mol. The molecule has 0 aliphatic carbocycles. The Morgan fingerprint density at radius 1 is 1.21 bits per heavy atom. The first-order valence-corrected chi connectivity index (χ1v) is 8.44. The maximum atomic E-state index is 12.6. The van der Waals surface area contributed by atoms with Gasteiger partial charge in [0.2, 0.25) is 0 Å². The molecule has 1 aromatic rings. The van der Waals surface area contributed by atoms with E-state index in [1.165, 1.54) is 4.67 Å². The molecule has 0 saturated carbocycles. The third-order valence-corrected chi connectivity index (χ3v) is 4.76. The molecule has 19 heavy (non-hydrogen) atoms. The van der Waals surface area contributed by atoms with Crippen LogP contribution in [-0.4, -0.2) is 29.5 Å². The van der Waals surface area contributed by atoms with Crippen molar-refractivity contribution >= 4 is 30.9 Å². The SMILES string of the molecule is NN[P@@](=O)(OCc1ccccc1)N(CCCl)CCCl. The average molecular weight is 326 g/mol. The van der Waals surface area contributed by atoms with E-state index in [-0.39, 0.29) is 6.61 Å². The molecule has 0 amide bonds. The molecule has 8 heteroatoms. The average Bonchev–Trinajstić information content (AvgIpc) is 2.46. The number of nitrogens with zero attached hydrogens (tertiary/aromatic N) is 1. The first kappa shape index (κ1) is 16.9. The van der Waals surface area contributed by atoms with Crippen molar-refractivity contribution in [3.05, 3.63) is 35.9 Å². The van der Waals surface area contributed by atoms with E-state index in [1.54, 1.807) is 0 Å². The van der Waals surface area contributed by atoms with Crippen LogP contribution in [-0.2, 0) is 15.7 Å². The van der Waals surface area contributed by atoms with Crippen molar-refractivity contribution < 1.29 is 9.09 Å². The molecule has 0 spiro atoms. The summed E-state index contributed by atoms with van der Waals surface area (Å²) in [5.74, 6) is 6.00. The molecule has 0 aliphatic heterocycles. The van der Waals surface area contributed by atoms with E-state index in [2.05, 4.69) is 5.20 Å². The van der Waals surface area contributed by atoms with Gasteiger partial charge in [0, 0.05) is 24.8 Å². The van der Waals surface area contributed by atoms with Crippen molar-refractivity contribution in [2.24, 2.45) is 5.84 Å². The van der Waals surface area contributed by atoms with Crippen molar-refractivity contribution in [3.8, 4) is 0 Å². The van der Waals surface area contributed by atoms with Crippen LogP contribution >= 0.6 is 30.9 Å². The van der Waals surface area contributed by atoms with Crippen LogP contribution in [0.5, 0.6) is 0 Å². The summed E-state index contributed by atoms with van der Waals surface area (Å²) in [4.78, 5) is 0. The van der Waals surface area contributed by atoms with Crippen molar-refractivity contribution in [2.75, 3.05) is 24.8 Å². The molecular weight excluding hydrogens is 308 g/mol. The lowest BCUT2D eigenvalue weighted by Gasteiger charge is -2.28. The molecular formula is C11H18Cl2N3O2P. The number of benzene rings is 1. The van der Waals surface area contributed by atoms with Crippen LogP contribution in [0.3, 0.4) is 0 Å². The Labute approximate surface area is 123 Å². The molecule has 0 aromatic heterocycles. The van der Waals surface area contributed by atoms with Gasteiger partial charge in [0.05, 0.1) is 6.61 Å². The molecule has 108 valence electrons. The van der Waals surface area contributed by atoms with E-state index in [4.69, 9.17) is 33.6 Å². The molecule has 0 bridgehead atoms. The van der Waals surface area contributed by atoms with Crippen LogP contribution in [0.15, 0.2) is 30.3 Å². The van der Waals surface area contributed by atoms with E-state index < -0.39 is 7.67 Å². The zero-order chi connectivity index (χ0) is 14.1. The molecule has 1 aromatic carbocycles. The van der Waals surface area contributed by atoms with Crippen molar-refractivity contribution in [1.82, 2.24) is 9.87 Å². The molecule has 1 rings (SSSR count). The van der Waals surface area contributed by atoms with Gasteiger partial charge in [-0.25, -0.2) is 4.67 Å². The highest BCUT2D eigenvalue weighted by molar-refractivity contribution is 7.54. The minimum Gasteiger partial charge on any atom is -0.300 e. The summed E-state index contributed by atoms with van der Waals surface area (Å²) in [5.41, 5.74) is 0.912. The van der Waals surface area contributed by atoms with E-state index in [0.29, 0.717) is 24.8 Å². The molecule has 5 nitrogen and oxygen atoms in total. The molecule has 0 unspecified atom stereocenters. The summed E-state index contributed by atoms with van der Waals surface area (Å²) < 4.78 is 19.6. The molecule has 0 saturated heterocycles. The number of nitrogens with one attached hydrogen (secondary N) is 1. The Bertz CT molecular complexity index is 402. The van der Waals surface area contributed by atoms with Crippen LogP contribution in [0.2, 0.25) is 0 Å². The third-order valence-electron chi connectivity index (χ3n) is 2.47. The lowest BCUT2D eigenvalue weighted by atomic mass is 10.2. The van der Waals surface area contributed by atoms with Gasteiger partial charge in [0.15, 0.2) is 0 Å². The van der Waals surface area contributed by atoms with E-state index in [9.17, 15) is 4.57 Å². The lowest BCUT2D eigenvalue weighted by molar-refractivity contribution is 0.248. The standard InChI is InChI=1S/C11H18Cl2N3O2P/c12-6-8-16(9-7-13)19(17,15-14)18-10-11-4-2-1-3-5-11/h1-5H,6-10,14H2,(H,15,17)/t19-/m1/s1. The number of hydrogen-bond donors (Lipinski definition) is 2. The van der Waals surface area contributed by atoms with Gasteiger partial charge in [-0.15, -0.1) is 23.2 Å². The van der Waals surface area contributed by atoms with E-state index in [0.717, 1.165) is 5.56 Å². The quantitative estimate of drug-likeness (QED) is 0.316. The molecule has 0 fully saturated rings. The minimum atomic E-state index is -3.32. The summed E-state index contributed by atoms with van der Waals surface area (Å²) in [6.07, 6.45) is 0. The highest BCUT2D eigenvalue weighted by Crippen LogP contribution is 2.46. The Kier molecular flexibility index (Phi) is 7.95. The van der Waals surface area contributed by atoms with Crippen molar-refractivity contribution in [1.29, 1.82) is 0 Å². The molecule has 0 radical (unpaired) electrons. The fourth-order valence-corrected chi connectivity index (χ4v) is 3.60. The largest absolute Gasteiger partial charge is 0.356 e.